The summed E-state index contributed by atoms with van der Waals surface area (Å²) < 4.78 is 0. The standard InChI is InChI=1S/C18H22N4O5S2/c19-22-20-10-5-4-8-15(23)21-14(18(27)28-11-9-16(24)25)12-17(26)29-13-6-2-1-3-7-13/h1-3,6-7,14H,4-5,8-12H2,(H,21,23)(H,24,25). The first-order valence-electron chi connectivity index (χ1n) is 8.86. The van der Waals surface area contributed by atoms with Gasteiger partial charge in [0.05, 0.1) is 6.42 Å². The molecule has 1 aromatic carbocycles. The van der Waals surface area contributed by atoms with Crippen LogP contribution in [0.3, 0.4) is 0 Å². The van der Waals surface area contributed by atoms with Crippen LogP contribution in [0.25, 0.3) is 10.4 Å². The van der Waals surface area contributed by atoms with Crippen molar-refractivity contribution in [1.82, 2.24) is 5.32 Å². The van der Waals surface area contributed by atoms with Gasteiger partial charge in [-0.2, -0.15) is 0 Å². The molecule has 2 N–H and O–H groups in total. The van der Waals surface area contributed by atoms with Crippen molar-refractivity contribution in [1.29, 1.82) is 0 Å². The smallest absolute Gasteiger partial charge is 0.304 e. The summed E-state index contributed by atoms with van der Waals surface area (Å²) in [5, 5.41) is 13.9. The second-order valence-corrected chi connectivity index (χ2v) is 8.06. The number of carboxylic acid groups (broad SMARTS) is 1. The van der Waals surface area contributed by atoms with Gasteiger partial charge in [0.25, 0.3) is 0 Å². The first-order valence-corrected chi connectivity index (χ1v) is 10.7. The number of unbranched alkanes of at least 4 members (excludes halogenated alkanes) is 1. The number of azide groups is 1. The zero-order chi connectivity index (χ0) is 21.5. The number of carbonyl (C=O) groups excluding carboxylic acids is 3. The second-order valence-electron chi connectivity index (χ2n) is 5.83. The van der Waals surface area contributed by atoms with Crippen LogP contribution in [0.5, 0.6) is 0 Å². The molecule has 0 saturated carbocycles. The Labute approximate surface area is 176 Å². The Morgan fingerprint density at radius 1 is 1.14 bits per heavy atom. The number of thioether (sulfide) groups is 2. The van der Waals surface area contributed by atoms with E-state index >= 15 is 0 Å². The van der Waals surface area contributed by atoms with Crippen molar-refractivity contribution in [2.45, 2.75) is 43.0 Å². The van der Waals surface area contributed by atoms with Crippen molar-refractivity contribution in [3.63, 3.8) is 0 Å². The van der Waals surface area contributed by atoms with E-state index in [1.54, 1.807) is 24.3 Å². The number of benzene rings is 1. The number of hydrogen-bond acceptors (Lipinski definition) is 7. The maximum absolute atomic E-state index is 12.4. The van der Waals surface area contributed by atoms with E-state index in [0.29, 0.717) is 12.8 Å². The highest BCUT2D eigenvalue weighted by Crippen LogP contribution is 2.22. The number of aliphatic carboxylic acids is 1. The van der Waals surface area contributed by atoms with E-state index in [-0.39, 0.29) is 42.6 Å². The lowest BCUT2D eigenvalue weighted by molar-refractivity contribution is -0.136. The lowest BCUT2D eigenvalue weighted by atomic mass is 10.2. The van der Waals surface area contributed by atoms with Gasteiger partial charge in [-0.25, -0.2) is 0 Å². The summed E-state index contributed by atoms with van der Waals surface area (Å²) in [6.45, 7) is 0.281. The summed E-state index contributed by atoms with van der Waals surface area (Å²) in [6.07, 6.45) is 0.757. The number of carboxylic acids is 1. The molecule has 0 radical (unpaired) electrons. The van der Waals surface area contributed by atoms with Crippen LogP contribution in [0.1, 0.15) is 32.1 Å². The van der Waals surface area contributed by atoms with Gasteiger partial charge in [-0.05, 0) is 30.5 Å². The lowest BCUT2D eigenvalue weighted by Gasteiger charge is -2.16. The number of rotatable bonds is 13. The van der Waals surface area contributed by atoms with Crippen molar-refractivity contribution in [3.05, 3.63) is 40.8 Å². The predicted octanol–water partition coefficient (Wildman–Crippen LogP) is 3.40. The Morgan fingerprint density at radius 3 is 2.52 bits per heavy atom. The number of nitrogens with one attached hydrogen (secondary N) is 1. The molecule has 1 aromatic rings. The van der Waals surface area contributed by atoms with Gasteiger partial charge in [0.2, 0.25) is 11.0 Å². The van der Waals surface area contributed by atoms with Gasteiger partial charge in [0.1, 0.15) is 6.04 Å². The van der Waals surface area contributed by atoms with Crippen LogP contribution in [0, 0.1) is 0 Å². The molecule has 0 saturated heterocycles. The molecule has 1 unspecified atom stereocenters. The van der Waals surface area contributed by atoms with Crippen LogP contribution in [0.15, 0.2) is 40.3 Å². The summed E-state index contributed by atoms with van der Waals surface area (Å²) in [7, 11) is 0. The van der Waals surface area contributed by atoms with E-state index in [1.807, 2.05) is 6.07 Å². The van der Waals surface area contributed by atoms with Gasteiger partial charge in [-0.3, -0.25) is 19.2 Å². The summed E-state index contributed by atoms with van der Waals surface area (Å²) in [5.41, 5.74) is 8.22. The minimum Gasteiger partial charge on any atom is -0.481 e. The first kappa shape index (κ1) is 24.5. The molecule has 1 atom stereocenters. The predicted molar refractivity (Wildman–Crippen MR) is 111 cm³/mol. The molecule has 0 aliphatic rings. The SMILES string of the molecule is [N-]=[N+]=NCCCCC(=O)NC(CC(=O)Sc1ccccc1)C(=O)SCCC(=O)O. The molecular formula is C18H22N4O5S2. The van der Waals surface area contributed by atoms with Gasteiger partial charge in [0, 0.05) is 34.9 Å². The second kappa shape index (κ2) is 14.5. The molecule has 0 aliphatic carbocycles. The van der Waals surface area contributed by atoms with Gasteiger partial charge >= 0.3 is 5.97 Å². The van der Waals surface area contributed by atoms with Crippen LogP contribution >= 0.6 is 23.5 Å². The molecule has 0 fully saturated rings. The van der Waals surface area contributed by atoms with E-state index in [2.05, 4.69) is 15.3 Å². The third-order valence-electron chi connectivity index (χ3n) is 3.50. The number of amides is 1. The van der Waals surface area contributed by atoms with Crippen LogP contribution in [-0.4, -0.2) is 45.6 Å². The zero-order valence-electron chi connectivity index (χ0n) is 15.7. The minimum atomic E-state index is -1.03. The monoisotopic (exact) mass is 438 g/mol. The molecule has 1 rings (SSSR count). The number of nitrogens with zero attached hydrogens (tertiary/aromatic N) is 3. The maximum Gasteiger partial charge on any atom is 0.304 e. The quantitative estimate of drug-likeness (QED) is 0.157. The molecule has 0 bridgehead atoms. The molecule has 0 spiro atoms. The third-order valence-corrected chi connectivity index (χ3v) is 5.38. The molecule has 9 nitrogen and oxygen atoms in total. The van der Waals surface area contributed by atoms with Crippen molar-refractivity contribution in [3.8, 4) is 0 Å². The Morgan fingerprint density at radius 2 is 1.86 bits per heavy atom. The van der Waals surface area contributed by atoms with E-state index in [1.165, 1.54) is 0 Å². The van der Waals surface area contributed by atoms with E-state index in [9.17, 15) is 19.2 Å². The number of hydrogen-bond donors (Lipinski definition) is 2. The van der Waals surface area contributed by atoms with Crippen LogP contribution in [-0.2, 0) is 19.2 Å². The topological polar surface area (TPSA) is 149 Å². The molecule has 0 aromatic heterocycles. The summed E-state index contributed by atoms with van der Waals surface area (Å²) in [6, 6.07) is 7.91. The lowest BCUT2D eigenvalue weighted by Crippen LogP contribution is -2.41. The van der Waals surface area contributed by atoms with E-state index in [0.717, 1.165) is 28.4 Å². The van der Waals surface area contributed by atoms with E-state index < -0.39 is 17.1 Å². The van der Waals surface area contributed by atoms with Crippen molar-refractivity contribution < 1.29 is 24.3 Å². The molecule has 0 aliphatic heterocycles. The molecular weight excluding hydrogens is 416 g/mol. The average molecular weight is 439 g/mol. The third kappa shape index (κ3) is 11.8. The Hall–Kier alpha value is -2.49. The van der Waals surface area contributed by atoms with E-state index in [4.69, 9.17) is 10.6 Å². The van der Waals surface area contributed by atoms with Crippen molar-refractivity contribution in [2.24, 2.45) is 5.11 Å². The van der Waals surface area contributed by atoms with Crippen LogP contribution in [0.4, 0.5) is 0 Å². The highest BCUT2D eigenvalue weighted by Gasteiger charge is 2.24. The van der Waals surface area contributed by atoms with Crippen LogP contribution < -0.4 is 5.32 Å². The van der Waals surface area contributed by atoms with Gasteiger partial charge in [0.15, 0.2) is 5.12 Å². The molecule has 156 valence electrons. The highest BCUT2D eigenvalue weighted by molar-refractivity contribution is 8.14. The normalized spacial score (nSPS) is 11.2. The number of carbonyl (C=O) groups is 4. The minimum absolute atomic E-state index is 0.0622. The largest absolute Gasteiger partial charge is 0.481 e. The molecule has 1 amide bonds. The Bertz CT molecular complexity index is 754. The van der Waals surface area contributed by atoms with Gasteiger partial charge in [-0.15, -0.1) is 0 Å². The van der Waals surface area contributed by atoms with Gasteiger partial charge < -0.3 is 10.4 Å². The summed E-state index contributed by atoms with van der Waals surface area (Å²) in [5.74, 6) is -1.35. The molecule has 0 heterocycles. The van der Waals surface area contributed by atoms with Crippen LogP contribution in [0.2, 0.25) is 0 Å². The average Bonchev–Trinajstić information content (AvgIpc) is 2.67. The van der Waals surface area contributed by atoms with Crippen molar-refractivity contribution >= 4 is 45.6 Å². The summed E-state index contributed by atoms with van der Waals surface area (Å²) in [4.78, 5) is 50.8. The summed E-state index contributed by atoms with van der Waals surface area (Å²) >= 11 is 1.77. The highest BCUT2D eigenvalue weighted by atomic mass is 32.2. The Balaban J connectivity index is 2.62. The molecule has 29 heavy (non-hydrogen) atoms. The zero-order valence-corrected chi connectivity index (χ0v) is 17.3. The Kier molecular flexibility index (Phi) is 12.3. The first-order chi connectivity index (χ1) is 13.9. The van der Waals surface area contributed by atoms with Gasteiger partial charge in [-0.1, -0.05) is 46.8 Å². The van der Waals surface area contributed by atoms with Crippen molar-refractivity contribution in [2.75, 3.05) is 12.3 Å². The molecule has 11 heteroatoms. The fourth-order valence-corrected chi connectivity index (χ4v) is 3.77. The fourth-order valence-electron chi connectivity index (χ4n) is 2.14. The fraction of sp³-hybridized carbons (Fsp3) is 0.444. The maximum atomic E-state index is 12.4.